The molecule has 0 amide bonds. The van der Waals surface area contributed by atoms with Crippen molar-refractivity contribution < 1.29 is 4.74 Å². The summed E-state index contributed by atoms with van der Waals surface area (Å²) >= 11 is 0. The molecule has 4 atom stereocenters. The summed E-state index contributed by atoms with van der Waals surface area (Å²) in [7, 11) is 1.79. The number of ether oxygens (including phenoxy) is 1. The lowest BCUT2D eigenvalue weighted by molar-refractivity contribution is 0.162. The Morgan fingerprint density at radius 2 is 2.19 bits per heavy atom. The number of fused-ring (bicyclic) bond motifs is 2. The van der Waals surface area contributed by atoms with Crippen LogP contribution in [0.25, 0.3) is 0 Å². The molecule has 1 N–H and O–H groups in total. The summed E-state index contributed by atoms with van der Waals surface area (Å²) in [5.74, 6) is 3.21. The molecule has 0 heterocycles. The van der Waals surface area contributed by atoms with E-state index >= 15 is 0 Å². The molecule has 94 valence electrons. The predicted molar refractivity (Wildman–Crippen MR) is 67.5 cm³/mol. The molecule has 2 fully saturated rings. The summed E-state index contributed by atoms with van der Waals surface area (Å²) in [5, 5.41) is 3.63. The third kappa shape index (κ3) is 2.98. The van der Waals surface area contributed by atoms with Crippen LogP contribution in [0.2, 0.25) is 0 Å². The summed E-state index contributed by atoms with van der Waals surface area (Å²) in [5.41, 5.74) is 0. The van der Waals surface area contributed by atoms with E-state index in [1.165, 1.54) is 38.6 Å². The molecule has 2 nitrogen and oxygen atoms in total. The lowest BCUT2D eigenvalue weighted by Gasteiger charge is -2.23. The van der Waals surface area contributed by atoms with Gasteiger partial charge in [-0.3, -0.25) is 0 Å². The van der Waals surface area contributed by atoms with Gasteiger partial charge in [-0.05, 0) is 56.4 Å². The second-order valence-corrected chi connectivity index (χ2v) is 5.74. The second kappa shape index (κ2) is 6.02. The number of nitrogens with one attached hydrogen (secondary N) is 1. The van der Waals surface area contributed by atoms with Gasteiger partial charge in [-0.25, -0.2) is 0 Å². The van der Waals surface area contributed by atoms with Gasteiger partial charge in [-0.2, -0.15) is 0 Å². The Balaban J connectivity index is 1.60. The van der Waals surface area contributed by atoms with Gasteiger partial charge in [0, 0.05) is 13.2 Å². The van der Waals surface area contributed by atoms with Crippen molar-refractivity contribution in [1.82, 2.24) is 5.32 Å². The Kier molecular flexibility index (Phi) is 4.66. The molecule has 2 rings (SSSR count). The molecular formula is C14H27NO. The van der Waals surface area contributed by atoms with E-state index in [0.29, 0.717) is 6.04 Å². The highest BCUT2D eigenvalue weighted by atomic mass is 16.5. The Hall–Kier alpha value is -0.0800. The monoisotopic (exact) mass is 225 g/mol. The number of methoxy groups -OCH3 is 1. The fourth-order valence-electron chi connectivity index (χ4n) is 3.73. The molecule has 0 aromatic rings. The van der Waals surface area contributed by atoms with Crippen LogP contribution in [0.15, 0.2) is 0 Å². The molecule has 2 aliphatic rings. The molecule has 4 unspecified atom stereocenters. The SMILES string of the molecule is CCC(COC)NCCC1CC2CCC1C2. The Bertz CT molecular complexity index is 207. The van der Waals surface area contributed by atoms with Gasteiger partial charge in [0.05, 0.1) is 6.61 Å². The zero-order valence-corrected chi connectivity index (χ0v) is 10.9. The van der Waals surface area contributed by atoms with Crippen molar-refractivity contribution in [3.63, 3.8) is 0 Å². The Morgan fingerprint density at radius 3 is 2.75 bits per heavy atom. The van der Waals surface area contributed by atoms with Crippen molar-refractivity contribution in [2.24, 2.45) is 17.8 Å². The Morgan fingerprint density at radius 1 is 1.31 bits per heavy atom. The van der Waals surface area contributed by atoms with Crippen molar-refractivity contribution in [3.05, 3.63) is 0 Å². The van der Waals surface area contributed by atoms with E-state index in [9.17, 15) is 0 Å². The number of hydrogen-bond donors (Lipinski definition) is 1. The van der Waals surface area contributed by atoms with Crippen LogP contribution in [-0.2, 0) is 4.74 Å². The largest absolute Gasteiger partial charge is 0.383 e. The third-order valence-corrected chi connectivity index (χ3v) is 4.69. The van der Waals surface area contributed by atoms with Gasteiger partial charge in [-0.1, -0.05) is 13.3 Å². The first-order valence-corrected chi connectivity index (χ1v) is 7.05. The molecular weight excluding hydrogens is 198 g/mol. The molecule has 0 aliphatic heterocycles. The van der Waals surface area contributed by atoms with E-state index < -0.39 is 0 Å². The van der Waals surface area contributed by atoms with E-state index in [4.69, 9.17) is 4.74 Å². The highest BCUT2D eigenvalue weighted by molar-refractivity contribution is 4.90. The maximum Gasteiger partial charge on any atom is 0.0615 e. The van der Waals surface area contributed by atoms with Crippen LogP contribution >= 0.6 is 0 Å². The van der Waals surface area contributed by atoms with Crippen LogP contribution in [0.5, 0.6) is 0 Å². The van der Waals surface area contributed by atoms with Gasteiger partial charge in [0.25, 0.3) is 0 Å². The first-order chi connectivity index (χ1) is 7.83. The lowest BCUT2D eigenvalue weighted by Crippen LogP contribution is -2.34. The summed E-state index contributed by atoms with van der Waals surface area (Å²) in [6.07, 6.45) is 8.67. The topological polar surface area (TPSA) is 21.3 Å². The number of hydrogen-bond acceptors (Lipinski definition) is 2. The average Bonchev–Trinajstić information content (AvgIpc) is 2.89. The van der Waals surface area contributed by atoms with Crippen molar-refractivity contribution in [1.29, 1.82) is 0 Å². The summed E-state index contributed by atoms with van der Waals surface area (Å²) in [4.78, 5) is 0. The molecule has 0 aromatic carbocycles. The van der Waals surface area contributed by atoms with Gasteiger partial charge in [0.1, 0.15) is 0 Å². The van der Waals surface area contributed by atoms with E-state index in [1.54, 1.807) is 13.5 Å². The molecule has 2 bridgehead atoms. The predicted octanol–water partition coefficient (Wildman–Crippen LogP) is 2.83. The molecule has 2 saturated carbocycles. The van der Waals surface area contributed by atoms with Crippen LogP contribution in [-0.4, -0.2) is 26.3 Å². The van der Waals surface area contributed by atoms with Crippen LogP contribution in [0.1, 0.15) is 45.4 Å². The maximum atomic E-state index is 5.20. The van der Waals surface area contributed by atoms with E-state index in [0.717, 1.165) is 24.4 Å². The third-order valence-electron chi connectivity index (χ3n) is 4.69. The van der Waals surface area contributed by atoms with Crippen molar-refractivity contribution in [2.75, 3.05) is 20.3 Å². The highest BCUT2D eigenvalue weighted by Gasteiger charge is 2.38. The maximum absolute atomic E-state index is 5.20. The van der Waals surface area contributed by atoms with Crippen LogP contribution in [0.4, 0.5) is 0 Å². The van der Waals surface area contributed by atoms with Gasteiger partial charge in [0.2, 0.25) is 0 Å². The fraction of sp³-hybridized carbons (Fsp3) is 1.00. The molecule has 0 saturated heterocycles. The zero-order chi connectivity index (χ0) is 11.4. The van der Waals surface area contributed by atoms with Crippen LogP contribution < -0.4 is 5.32 Å². The first kappa shape index (κ1) is 12.4. The second-order valence-electron chi connectivity index (χ2n) is 5.74. The minimum atomic E-state index is 0.559. The first-order valence-electron chi connectivity index (χ1n) is 7.05. The quantitative estimate of drug-likeness (QED) is 0.719. The molecule has 0 radical (unpaired) electrons. The van der Waals surface area contributed by atoms with E-state index in [-0.39, 0.29) is 0 Å². The molecule has 2 aliphatic carbocycles. The Labute approximate surface area is 100 Å². The molecule has 0 aromatic heterocycles. The lowest BCUT2D eigenvalue weighted by atomic mass is 9.86. The summed E-state index contributed by atoms with van der Waals surface area (Å²) in [6.45, 7) is 4.27. The van der Waals surface area contributed by atoms with Crippen LogP contribution in [0.3, 0.4) is 0 Å². The smallest absolute Gasteiger partial charge is 0.0615 e. The van der Waals surface area contributed by atoms with Crippen molar-refractivity contribution >= 4 is 0 Å². The van der Waals surface area contributed by atoms with Crippen molar-refractivity contribution in [3.8, 4) is 0 Å². The summed E-state index contributed by atoms with van der Waals surface area (Å²) in [6, 6.07) is 0.559. The van der Waals surface area contributed by atoms with E-state index in [2.05, 4.69) is 12.2 Å². The minimum Gasteiger partial charge on any atom is -0.383 e. The standard InChI is InChI=1S/C14H27NO/c1-3-14(10-16-2)15-7-6-13-9-11-4-5-12(13)8-11/h11-15H,3-10H2,1-2H3. The van der Waals surface area contributed by atoms with Crippen LogP contribution in [0, 0.1) is 17.8 Å². The van der Waals surface area contributed by atoms with Crippen molar-refractivity contribution in [2.45, 2.75) is 51.5 Å². The van der Waals surface area contributed by atoms with Gasteiger partial charge in [-0.15, -0.1) is 0 Å². The van der Waals surface area contributed by atoms with Gasteiger partial charge in [0.15, 0.2) is 0 Å². The highest BCUT2D eigenvalue weighted by Crippen LogP contribution is 2.49. The van der Waals surface area contributed by atoms with Gasteiger partial charge < -0.3 is 10.1 Å². The molecule has 16 heavy (non-hydrogen) atoms. The van der Waals surface area contributed by atoms with E-state index in [1.807, 2.05) is 0 Å². The molecule has 2 heteroatoms. The van der Waals surface area contributed by atoms with Gasteiger partial charge >= 0.3 is 0 Å². The fourth-order valence-corrected chi connectivity index (χ4v) is 3.73. The minimum absolute atomic E-state index is 0.559. The summed E-state index contributed by atoms with van der Waals surface area (Å²) < 4.78 is 5.20. The number of rotatable bonds is 7. The average molecular weight is 225 g/mol. The normalized spacial score (nSPS) is 34.5. The zero-order valence-electron chi connectivity index (χ0n) is 10.9. The molecule has 0 spiro atoms.